The maximum Gasteiger partial charge on any atom is 0.401 e. The van der Waals surface area contributed by atoms with Crippen molar-refractivity contribution < 1.29 is 22.8 Å². The number of halogens is 3. The van der Waals surface area contributed by atoms with Gasteiger partial charge in [0.05, 0.1) is 23.7 Å². The molecule has 0 N–H and O–H groups in total. The molecule has 0 saturated carbocycles. The second-order valence-electron chi connectivity index (χ2n) is 8.16. The third-order valence-electron chi connectivity index (χ3n) is 5.81. The smallest absolute Gasteiger partial charge is 0.336 e. The number of nitrogens with zero attached hydrogens (tertiary/aromatic N) is 6. The zero-order valence-corrected chi connectivity index (χ0v) is 18.3. The SMILES string of the molecule is Cc1cc(C#N)ccc1C1C=NN(c2ccc(C(=O)N3CCN(CC(F)(F)F)CC3)cn2)C1=O. The lowest BCUT2D eigenvalue weighted by Crippen LogP contribution is -2.50. The summed E-state index contributed by atoms with van der Waals surface area (Å²) in [4.78, 5) is 32.6. The minimum atomic E-state index is -4.26. The van der Waals surface area contributed by atoms with E-state index in [0.29, 0.717) is 5.56 Å². The molecule has 1 aromatic heterocycles. The van der Waals surface area contributed by atoms with Crippen LogP contribution in [-0.2, 0) is 4.79 Å². The number of hydrogen-bond acceptors (Lipinski definition) is 6. The number of hydrogen-bond donors (Lipinski definition) is 0. The largest absolute Gasteiger partial charge is 0.401 e. The van der Waals surface area contributed by atoms with Gasteiger partial charge in [0.2, 0.25) is 0 Å². The van der Waals surface area contributed by atoms with Gasteiger partial charge >= 0.3 is 6.18 Å². The van der Waals surface area contributed by atoms with Crippen LogP contribution in [-0.4, -0.2) is 71.7 Å². The van der Waals surface area contributed by atoms with Crippen molar-refractivity contribution in [1.29, 1.82) is 5.26 Å². The number of aromatic nitrogens is 1. The van der Waals surface area contributed by atoms with Crippen LogP contribution in [0.2, 0.25) is 0 Å². The molecule has 0 spiro atoms. The van der Waals surface area contributed by atoms with E-state index in [0.717, 1.165) is 16.1 Å². The van der Waals surface area contributed by atoms with Crippen LogP contribution in [0.1, 0.15) is 33.0 Å². The van der Waals surface area contributed by atoms with Gasteiger partial charge in [0.15, 0.2) is 5.82 Å². The number of rotatable bonds is 4. The van der Waals surface area contributed by atoms with E-state index in [1.165, 1.54) is 34.3 Å². The highest BCUT2D eigenvalue weighted by Gasteiger charge is 2.34. The molecule has 1 unspecified atom stereocenters. The van der Waals surface area contributed by atoms with Gasteiger partial charge in [-0.05, 0) is 42.3 Å². The topological polar surface area (TPSA) is 92.9 Å². The Kier molecular flexibility index (Phi) is 6.34. The fourth-order valence-electron chi connectivity index (χ4n) is 4.05. The molecule has 1 saturated heterocycles. The van der Waals surface area contributed by atoms with Gasteiger partial charge in [0.25, 0.3) is 11.8 Å². The molecule has 8 nitrogen and oxygen atoms in total. The van der Waals surface area contributed by atoms with Gasteiger partial charge in [-0.25, -0.2) is 4.98 Å². The number of pyridine rings is 1. The summed E-state index contributed by atoms with van der Waals surface area (Å²) in [7, 11) is 0. The maximum absolute atomic E-state index is 12.9. The van der Waals surface area contributed by atoms with Crippen LogP contribution in [0.4, 0.5) is 19.0 Å². The predicted octanol–water partition coefficient (Wildman–Crippen LogP) is 2.70. The number of anilines is 1. The lowest BCUT2D eigenvalue weighted by atomic mass is 9.94. The molecule has 0 aliphatic carbocycles. The van der Waals surface area contributed by atoms with Gasteiger partial charge < -0.3 is 4.90 Å². The Balaban J connectivity index is 1.40. The van der Waals surface area contributed by atoms with E-state index in [1.54, 1.807) is 18.2 Å². The van der Waals surface area contributed by atoms with Crippen molar-refractivity contribution in [3.8, 4) is 6.07 Å². The third-order valence-corrected chi connectivity index (χ3v) is 5.81. The zero-order valence-electron chi connectivity index (χ0n) is 18.3. The van der Waals surface area contributed by atoms with Crippen LogP contribution in [0.15, 0.2) is 41.6 Å². The molecule has 1 aromatic carbocycles. The molecule has 0 radical (unpaired) electrons. The number of aryl methyl sites for hydroxylation is 1. The van der Waals surface area contributed by atoms with E-state index < -0.39 is 18.6 Å². The van der Waals surface area contributed by atoms with Gasteiger partial charge in [-0.3, -0.25) is 14.5 Å². The molecule has 2 aliphatic rings. The van der Waals surface area contributed by atoms with E-state index in [-0.39, 0.29) is 49.4 Å². The Morgan fingerprint density at radius 2 is 1.91 bits per heavy atom. The highest BCUT2D eigenvalue weighted by molar-refractivity contribution is 6.12. The van der Waals surface area contributed by atoms with Crippen molar-refractivity contribution in [3.05, 3.63) is 58.8 Å². The van der Waals surface area contributed by atoms with Crippen LogP contribution in [0, 0.1) is 18.3 Å². The number of nitriles is 1. The first-order chi connectivity index (χ1) is 16.2. The van der Waals surface area contributed by atoms with Crippen LogP contribution in [0.5, 0.6) is 0 Å². The summed E-state index contributed by atoms with van der Waals surface area (Å²) in [5.74, 6) is -0.987. The van der Waals surface area contributed by atoms with Crippen LogP contribution >= 0.6 is 0 Å². The molecule has 11 heteroatoms. The van der Waals surface area contributed by atoms with Gasteiger partial charge in [-0.2, -0.15) is 28.5 Å². The number of carbonyl (C=O) groups excluding carboxylic acids is 2. The molecule has 34 heavy (non-hydrogen) atoms. The second kappa shape index (κ2) is 9.23. The van der Waals surface area contributed by atoms with Crippen LogP contribution < -0.4 is 5.01 Å². The van der Waals surface area contributed by atoms with Crippen molar-refractivity contribution in [2.75, 3.05) is 37.7 Å². The third kappa shape index (κ3) is 4.92. The standard InChI is InChI=1S/C23H21F3N6O2/c1-15-10-16(11-27)2-4-18(15)19-13-29-32(22(19)34)20-5-3-17(12-28-20)21(33)31-8-6-30(7-9-31)14-23(24,25)26/h2-5,10,12-13,19H,6-9,14H2,1H3. The zero-order chi connectivity index (χ0) is 24.5. The van der Waals surface area contributed by atoms with Gasteiger partial charge in [0.1, 0.15) is 5.92 Å². The number of carbonyl (C=O) groups is 2. The monoisotopic (exact) mass is 470 g/mol. The highest BCUT2D eigenvalue weighted by Crippen LogP contribution is 2.28. The molecule has 1 atom stereocenters. The number of piperazine rings is 1. The van der Waals surface area contributed by atoms with Crippen LogP contribution in [0.25, 0.3) is 0 Å². The van der Waals surface area contributed by atoms with Crippen molar-refractivity contribution in [3.63, 3.8) is 0 Å². The maximum atomic E-state index is 12.9. The number of benzene rings is 1. The average Bonchev–Trinajstić information content (AvgIpc) is 3.19. The molecule has 4 rings (SSSR count). The summed E-state index contributed by atoms with van der Waals surface area (Å²) < 4.78 is 37.6. The Labute approximate surface area is 193 Å². The predicted molar refractivity (Wildman–Crippen MR) is 117 cm³/mol. The van der Waals surface area contributed by atoms with Crippen molar-refractivity contribution in [1.82, 2.24) is 14.8 Å². The summed E-state index contributed by atoms with van der Waals surface area (Å²) in [5, 5.41) is 14.4. The minimum absolute atomic E-state index is 0.143. The van der Waals surface area contributed by atoms with E-state index in [2.05, 4.69) is 16.2 Å². The molecule has 2 amide bonds. The fraction of sp³-hybridized carbons (Fsp3) is 0.348. The quantitative estimate of drug-likeness (QED) is 0.685. The first kappa shape index (κ1) is 23.4. The van der Waals surface area contributed by atoms with E-state index in [1.807, 2.05) is 6.92 Å². The fourth-order valence-corrected chi connectivity index (χ4v) is 4.05. The number of hydrazone groups is 1. The summed E-state index contributed by atoms with van der Waals surface area (Å²) in [6, 6.07) is 10.2. The molecular formula is C23H21F3N6O2. The minimum Gasteiger partial charge on any atom is -0.336 e. The van der Waals surface area contributed by atoms with Gasteiger partial charge in [0, 0.05) is 38.6 Å². The van der Waals surface area contributed by atoms with Gasteiger partial charge in [-0.1, -0.05) is 6.07 Å². The second-order valence-corrected chi connectivity index (χ2v) is 8.16. The van der Waals surface area contributed by atoms with Gasteiger partial charge in [-0.15, -0.1) is 0 Å². The molecule has 2 aromatic rings. The first-order valence-electron chi connectivity index (χ1n) is 10.6. The Bertz CT molecular complexity index is 1160. The highest BCUT2D eigenvalue weighted by atomic mass is 19.4. The van der Waals surface area contributed by atoms with Crippen molar-refractivity contribution in [2.45, 2.75) is 19.0 Å². The molecule has 2 aliphatic heterocycles. The van der Waals surface area contributed by atoms with Crippen molar-refractivity contribution in [2.24, 2.45) is 5.10 Å². The first-order valence-corrected chi connectivity index (χ1v) is 10.6. The molecule has 3 heterocycles. The molecule has 0 bridgehead atoms. The molecule has 176 valence electrons. The molecular weight excluding hydrogens is 449 g/mol. The summed E-state index contributed by atoms with van der Waals surface area (Å²) in [6.45, 7) is 1.50. The Morgan fingerprint density at radius 1 is 1.18 bits per heavy atom. The Hall–Kier alpha value is -3.78. The van der Waals surface area contributed by atoms with Crippen molar-refractivity contribution >= 4 is 23.8 Å². The average molecular weight is 470 g/mol. The summed E-state index contributed by atoms with van der Waals surface area (Å²) >= 11 is 0. The van der Waals surface area contributed by atoms with E-state index in [4.69, 9.17) is 5.26 Å². The Morgan fingerprint density at radius 3 is 2.50 bits per heavy atom. The van der Waals surface area contributed by atoms with E-state index in [9.17, 15) is 22.8 Å². The van der Waals surface area contributed by atoms with E-state index >= 15 is 0 Å². The number of amides is 2. The van der Waals surface area contributed by atoms with Crippen LogP contribution in [0.3, 0.4) is 0 Å². The summed E-state index contributed by atoms with van der Waals surface area (Å²) in [6.07, 6.45) is -1.42. The lowest BCUT2D eigenvalue weighted by molar-refractivity contribution is -0.148. The number of alkyl halides is 3. The normalized spacial score (nSPS) is 18.9. The summed E-state index contributed by atoms with van der Waals surface area (Å²) in [5.41, 5.74) is 2.33. The lowest BCUT2D eigenvalue weighted by Gasteiger charge is -2.35. The molecule has 1 fully saturated rings.